The van der Waals surface area contributed by atoms with E-state index in [4.69, 9.17) is 4.74 Å². The molecule has 0 aromatic rings. The highest BCUT2D eigenvalue weighted by atomic mass is 16.5. The highest BCUT2D eigenvalue weighted by Gasteiger charge is 2.23. The summed E-state index contributed by atoms with van der Waals surface area (Å²) in [5.41, 5.74) is 0. The molecule has 0 radical (unpaired) electrons. The highest BCUT2D eigenvalue weighted by Crippen LogP contribution is 2.20. The standard InChI is InChI=1S/C9H17NO/c1-2-6-10(7-3-1)9-5-4-8-11-9/h9H,1-8H2. The zero-order valence-electron chi connectivity index (χ0n) is 7.09. The van der Waals surface area contributed by atoms with Crippen molar-refractivity contribution < 1.29 is 4.74 Å². The predicted octanol–water partition coefficient (Wildman–Crippen LogP) is 1.61. The molecule has 64 valence electrons. The third kappa shape index (κ3) is 1.74. The van der Waals surface area contributed by atoms with E-state index in [0.29, 0.717) is 6.23 Å². The van der Waals surface area contributed by atoms with E-state index in [1.807, 2.05) is 0 Å². The number of ether oxygens (including phenoxy) is 1. The Morgan fingerprint density at radius 3 is 2.45 bits per heavy atom. The SMILES string of the molecule is C1CCN(C2CCCO2)CC1. The molecule has 1 unspecified atom stereocenters. The molecule has 2 heteroatoms. The van der Waals surface area contributed by atoms with Gasteiger partial charge in [-0.3, -0.25) is 4.90 Å². The zero-order chi connectivity index (χ0) is 7.52. The third-order valence-electron chi connectivity index (χ3n) is 2.70. The second-order valence-corrected chi connectivity index (χ2v) is 3.56. The fraction of sp³-hybridized carbons (Fsp3) is 1.00. The average Bonchev–Trinajstić information content (AvgIpc) is 2.58. The van der Waals surface area contributed by atoms with Gasteiger partial charge in [0.1, 0.15) is 6.23 Å². The van der Waals surface area contributed by atoms with Crippen LogP contribution in [0.4, 0.5) is 0 Å². The number of rotatable bonds is 1. The first-order valence-corrected chi connectivity index (χ1v) is 4.82. The van der Waals surface area contributed by atoms with Crippen LogP contribution in [0.3, 0.4) is 0 Å². The Morgan fingerprint density at radius 1 is 1.00 bits per heavy atom. The molecule has 2 fully saturated rings. The maximum atomic E-state index is 5.62. The second-order valence-electron chi connectivity index (χ2n) is 3.56. The highest BCUT2D eigenvalue weighted by molar-refractivity contribution is 4.71. The molecular formula is C9H17NO. The molecule has 1 atom stereocenters. The molecule has 2 heterocycles. The van der Waals surface area contributed by atoms with Gasteiger partial charge in [-0.1, -0.05) is 6.42 Å². The molecule has 0 bridgehead atoms. The van der Waals surface area contributed by atoms with Crippen molar-refractivity contribution in [1.29, 1.82) is 0 Å². The smallest absolute Gasteiger partial charge is 0.110 e. The van der Waals surface area contributed by atoms with E-state index in [1.54, 1.807) is 0 Å². The quantitative estimate of drug-likeness (QED) is 0.570. The molecule has 11 heavy (non-hydrogen) atoms. The lowest BCUT2D eigenvalue weighted by Crippen LogP contribution is -2.38. The van der Waals surface area contributed by atoms with Crippen molar-refractivity contribution in [2.45, 2.75) is 38.3 Å². The van der Waals surface area contributed by atoms with Gasteiger partial charge in [0.2, 0.25) is 0 Å². The summed E-state index contributed by atoms with van der Waals surface area (Å²) in [7, 11) is 0. The summed E-state index contributed by atoms with van der Waals surface area (Å²) in [4.78, 5) is 2.51. The predicted molar refractivity (Wildman–Crippen MR) is 44.4 cm³/mol. The molecule has 0 saturated carbocycles. The van der Waals surface area contributed by atoms with Crippen molar-refractivity contribution in [1.82, 2.24) is 4.90 Å². The van der Waals surface area contributed by atoms with Crippen molar-refractivity contribution in [3.05, 3.63) is 0 Å². The van der Waals surface area contributed by atoms with Crippen molar-refractivity contribution >= 4 is 0 Å². The van der Waals surface area contributed by atoms with E-state index in [1.165, 1.54) is 45.2 Å². The lowest BCUT2D eigenvalue weighted by atomic mass is 10.1. The monoisotopic (exact) mass is 155 g/mol. The molecule has 2 aliphatic rings. The van der Waals surface area contributed by atoms with Gasteiger partial charge < -0.3 is 4.74 Å². The van der Waals surface area contributed by atoms with Gasteiger partial charge in [0, 0.05) is 19.7 Å². The maximum Gasteiger partial charge on any atom is 0.110 e. The van der Waals surface area contributed by atoms with Crippen molar-refractivity contribution in [2.24, 2.45) is 0 Å². The Labute approximate surface area is 68.5 Å². The van der Waals surface area contributed by atoms with Crippen molar-refractivity contribution in [2.75, 3.05) is 19.7 Å². The molecule has 0 amide bonds. The van der Waals surface area contributed by atoms with Crippen LogP contribution in [-0.2, 0) is 4.74 Å². The van der Waals surface area contributed by atoms with Gasteiger partial charge in [0.25, 0.3) is 0 Å². The number of piperidine rings is 1. The first-order valence-electron chi connectivity index (χ1n) is 4.82. The zero-order valence-corrected chi connectivity index (χ0v) is 7.09. The molecule has 2 nitrogen and oxygen atoms in total. The van der Waals surface area contributed by atoms with Crippen LogP contribution in [0.2, 0.25) is 0 Å². The Hall–Kier alpha value is -0.0800. The van der Waals surface area contributed by atoms with Crippen LogP contribution in [0.1, 0.15) is 32.1 Å². The van der Waals surface area contributed by atoms with Gasteiger partial charge in [-0.25, -0.2) is 0 Å². The molecule has 0 N–H and O–H groups in total. The minimum Gasteiger partial charge on any atom is -0.363 e. The van der Waals surface area contributed by atoms with Gasteiger partial charge in [-0.15, -0.1) is 0 Å². The number of likely N-dealkylation sites (tertiary alicyclic amines) is 1. The van der Waals surface area contributed by atoms with Crippen molar-refractivity contribution in [3.63, 3.8) is 0 Å². The minimum absolute atomic E-state index is 0.482. The summed E-state index contributed by atoms with van der Waals surface area (Å²) >= 11 is 0. The van der Waals surface area contributed by atoms with Gasteiger partial charge in [-0.2, -0.15) is 0 Å². The Balaban J connectivity index is 1.82. The summed E-state index contributed by atoms with van der Waals surface area (Å²) in [5, 5.41) is 0. The Morgan fingerprint density at radius 2 is 1.82 bits per heavy atom. The molecule has 2 saturated heterocycles. The number of hydrogen-bond donors (Lipinski definition) is 0. The molecule has 0 spiro atoms. The molecule has 2 rings (SSSR count). The van der Waals surface area contributed by atoms with E-state index < -0.39 is 0 Å². The summed E-state index contributed by atoms with van der Waals surface area (Å²) in [6.07, 6.45) is 7.18. The summed E-state index contributed by atoms with van der Waals surface area (Å²) in [6.45, 7) is 3.52. The summed E-state index contributed by atoms with van der Waals surface area (Å²) in [5.74, 6) is 0. The van der Waals surface area contributed by atoms with Crippen LogP contribution >= 0.6 is 0 Å². The minimum atomic E-state index is 0.482. The first kappa shape index (κ1) is 7.56. The lowest BCUT2D eigenvalue weighted by molar-refractivity contribution is -0.0287. The van der Waals surface area contributed by atoms with E-state index >= 15 is 0 Å². The van der Waals surface area contributed by atoms with Crippen LogP contribution in [0.25, 0.3) is 0 Å². The maximum absolute atomic E-state index is 5.62. The summed E-state index contributed by atoms with van der Waals surface area (Å²) < 4.78 is 5.62. The lowest BCUT2D eigenvalue weighted by Gasteiger charge is -2.31. The molecule has 0 aliphatic carbocycles. The fourth-order valence-corrected chi connectivity index (χ4v) is 2.05. The van der Waals surface area contributed by atoms with E-state index in [0.717, 1.165) is 6.61 Å². The van der Waals surface area contributed by atoms with Crippen LogP contribution < -0.4 is 0 Å². The van der Waals surface area contributed by atoms with Crippen LogP contribution in [0.5, 0.6) is 0 Å². The molecular weight excluding hydrogens is 138 g/mol. The number of nitrogens with zero attached hydrogens (tertiary/aromatic N) is 1. The van der Waals surface area contributed by atoms with Crippen LogP contribution in [-0.4, -0.2) is 30.8 Å². The Bertz CT molecular complexity index is 115. The first-order chi connectivity index (χ1) is 5.47. The second kappa shape index (κ2) is 3.55. The molecule has 2 aliphatic heterocycles. The average molecular weight is 155 g/mol. The van der Waals surface area contributed by atoms with Gasteiger partial charge in [0.15, 0.2) is 0 Å². The number of hydrogen-bond acceptors (Lipinski definition) is 2. The Kier molecular flexibility index (Phi) is 2.44. The largest absolute Gasteiger partial charge is 0.363 e. The van der Waals surface area contributed by atoms with Crippen LogP contribution in [0, 0.1) is 0 Å². The van der Waals surface area contributed by atoms with E-state index in [9.17, 15) is 0 Å². The van der Waals surface area contributed by atoms with Gasteiger partial charge >= 0.3 is 0 Å². The third-order valence-corrected chi connectivity index (χ3v) is 2.70. The summed E-state index contributed by atoms with van der Waals surface area (Å²) in [6, 6.07) is 0. The molecule has 0 aromatic heterocycles. The normalized spacial score (nSPS) is 34.4. The van der Waals surface area contributed by atoms with Gasteiger partial charge in [0.05, 0.1) is 0 Å². The molecule has 0 aromatic carbocycles. The van der Waals surface area contributed by atoms with Crippen LogP contribution in [0.15, 0.2) is 0 Å². The van der Waals surface area contributed by atoms with Gasteiger partial charge in [-0.05, 0) is 25.7 Å². The topological polar surface area (TPSA) is 12.5 Å². The van der Waals surface area contributed by atoms with E-state index in [2.05, 4.69) is 4.90 Å². The van der Waals surface area contributed by atoms with Crippen molar-refractivity contribution in [3.8, 4) is 0 Å². The fourth-order valence-electron chi connectivity index (χ4n) is 2.05. The van der Waals surface area contributed by atoms with E-state index in [-0.39, 0.29) is 0 Å².